The van der Waals surface area contributed by atoms with E-state index >= 15 is 0 Å². The summed E-state index contributed by atoms with van der Waals surface area (Å²) in [6, 6.07) is 0.594. The van der Waals surface area contributed by atoms with Gasteiger partial charge in [-0.1, -0.05) is 13.8 Å². The van der Waals surface area contributed by atoms with E-state index in [1.165, 1.54) is 12.8 Å². The van der Waals surface area contributed by atoms with Crippen LogP contribution in [0, 0.1) is 5.92 Å². The maximum Gasteiger partial charge on any atom is 0.0572 e. The quantitative estimate of drug-likeness (QED) is 0.620. The van der Waals surface area contributed by atoms with Gasteiger partial charge in [0.1, 0.15) is 0 Å². The molecule has 0 aliphatic carbocycles. The van der Waals surface area contributed by atoms with Crippen LogP contribution in [0.5, 0.6) is 0 Å². The van der Waals surface area contributed by atoms with Gasteiger partial charge in [-0.05, 0) is 31.6 Å². The van der Waals surface area contributed by atoms with Crippen LogP contribution in [-0.4, -0.2) is 22.8 Å². The van der Waals surface area contributed by atoms with E-state index in [2.05, 4.69) is 19.2 Å². The van der Waals surface area contributed by atoms with Crippen molar-refractivity contribution in [3.63, 3.8) is 0 Å². The van der Waals surface area contributed by atoms with Crippen LogP contribution in [0.25, 0.3) is 0 Å². The lowest BCUT2D eigenvalue weighted by Gasteiger charge is -2.40. The molecule has 2 heteroatoms. The van der Waals surface area contributed by atoms with Crippen molar-refractivity contribution in [1.29, 1.82) is 0 Å². The van der Waals surface area contributed by atoms with E-state index in [-0.39, 0.29) is 11.6 Å². The van der Waals surface area contributed by atoms with Crippen molar-refractivity contribution in [3.05, 3.63) is 0 Å². The van der Waals surface area contributed by atoms with Crippen molar-refractivity contribution in [1.82, 2.24) is 5.32 Å². The van der Waals surface area contributed by atoms with Crippen LogP contribution in [0.15, 0.2) is 0 Å². The summed E-state index contributed by atoms with van der Waals surface area (Å²) >= 11 is 0. The number of nitrogens with one attached hydrogen (secondary N) is 1. The van der Waals surface area contributed by atoms with Gasteiger partial charge in [-0.3, -0.25) is 0 Å². The molecule has 2 bridgehead atoms. The summed E-state index contributed by atoms with van der Waals surface area (Å²) in [5.74, 6) is 0.650. The first kappa shape index (κ1) is 8.52. The highest BCUT2D eigenvalue weighted by molar-refractivity contribution is 5.05. The number of fused-ring (bicyclic) bond motifs is 2. The lowest BCUT2D eigenvalue weighted by molar-refractivity contribution is 0.0618. The Hall–Kier alpha value is -0.0800. The Morgan fingerprint density at radius 2 is 2.25 bits per heavy atom. The van der Waals surface area contributed by atoms with E-state index in [9.17, 15) is 5.11 Å². The Kier molecular flexibility index (Phi) is 1.92. The molecular formula is C10H19NO. The average molecular weight is 169 g/mol. The van der Waals surface area contributed by atoms with Crippen molar-refractivity contribution >= 4 is 0 Å². The predicted molar refractivity (Wildman–Crippen MR) is 49.0 cm³/mol. The molecule has 2 nitrogen and oxygen atoms in total. The first-order chi connectivity index (χ1) is 5.62. The van der Waals surface area contributed by atoms with Crippen LogP contribution in [0.4, 0.5) is 0 Å². The summed E-state index contributed by atoms with van der Waals surface area (Å²) in [5.41, 5.74) is 0.266. The fourth-order valence-corrected chi connectivity index (χ4v) is 2.84. The number of aliphatic hydroxyl groups is 1. The third-order valence-corrected chi connectivity index (χ3v) is 3.69. The summed E-state index contributed by atoms with van der Waals surface area (Å²) in [5, 5.41) is 13.3. The molecule has 2 aliphatic rings. The van der Waals surface area contributed by atoms with Crippen LogP contribution in [0.1, 0.15) is 39.5 Å². The van der Waals surface area contributed by atoms with Crippen LogP contribution in [0.2, 0.25) is 0 Å². The van der Waals surface area contributed by atoms with Crippen molar-refractivity contribution in [2.75, 3.05) is 0 Å². The number of aliphatic hydroxyl groups excluding tert-OH is 1. The van der Waals surface area contributed by atoms with Crippen LogP contribution < -0.4 is 5.32 Å². The van der Waals surface area contributed by atoms with Gasteiger partial charge >= 0.3 is 0 Å². The van der Waals surface area contributed by atoms with Gasteiger partial charge in [-0.25, -0.2) is 0 Å². The highest BCUT2D eigenvalue weighted by Crippen LogP contribution is 2.40. The smallest absolute Gasteiger partial charge is 0.0572 e. The lowest BCUT2D eigenvalue weighted by atomic mass is 9.79. The molecule has 3 atom stereocenters. The standard InChI is InChI=1S/C10H19NO/c1-7(2)10-4-3-8(11-10)5-9(12)6-10/h7-9,11-12H,3-6H2,1-2H3. The zero-order valence-electron chi connectivity index (χ0n) is 8.01. The molecule has 2 saturated heterocycles. The highest BCUT2D eigenvalue weighted by Gasteiger charge is 2.46. The fraction of sp³-hybridized carbons (Fsp3) is 1.00. The Bertz CT molecular complexity index is 181. The fourth-order valence-electron chi connectivity index (χ4n) is 2.84. The normalized spacial score (nSPS) is 47.0. The number of hydrogen-bond donors (Lipinski definition) is 2. The molecule has 0 aromatic rings. The Balaban J connectivity index is 2.16. The molecule has 70 valence electrons. The van der Waals surface area contributed by atoms with Crippen molar-refractivity contribution in [2.45, 2.75) is 57.2 Å². The van der Waals surface area contributed by atoms with E-state index in [4.69, 9.17) is 0 Å². The number of hydrogen-bond acceptors (Lipinski definition) is 2. The second kappa shape index (κ2) is 2.71. The second-order valence-corrected chi connectivity index (χ2v) is 4.78. The first-order valence-corrected chi connectivity index (χ1v) is 5.08. The van der Waals surface area contributed by atoms with Gasteiger partial charge in [0.2, 0.25) is 0 Å². The summed E-state index contributed by atoms with van der Waals surface area (Å²) in [7, 11) is 0. The molecule has 3 unspecified atom stereocenters. The van der Waals surface area contributed by atoms with E-state index in [1.807, 2.05) is 0 Å². The molecule has 2 N–H and O–H groups in total. The topological polar surface area (TPSA) is 32.3 Å². The summed E-state index contributed by atoms with van der Waals surface area (Å²) < 4.78 is 0. The van der Waals surface area contributed by atoms with Crippen molar-refractivity contribution in [3.8, 4) is 0 Å². The molecule has 2 rings (SSSR count). The summed E-state index contributed by atoms with van der Waals surface area (Å²) in [6.07, 6.45) is 4.39. The average Bonchev–Trinajstić information content (AvgIpc) is 2.28. The minimum Gasteiger partial charge on any atom is -0.393 e. The van der Waals surface area contributed by atoms with Crippen molar-refractivity contribution < 1.29 is 5.11 Å². The van der Waals surface area contributed by atoms with Gasteiger partial charge in [0.05, 0.1) is 6.10 Å². The van der Waals surface area contributed by atoms with Crippen molar-refractivity contribution in [2.24, 2.45) is 5.92 Å². The van der Waals surface area contributed by atoms with Crippen LogP contribution in [0.3, 0.4) is 0 Å². The molecule has 0 aromatic heterocycles. The maximum absolute atomic E-state index is 9.66. The van der Waals surface area contributed by atoms with E-state index in [0.717, 1.165) is 12.8 Å². The molecule has 0 spiro atoms. The molecular weight excluding hydrogens is 150 g/mol. The van der Waals surface area contributed by atoms with Gasteiger partial charge in [0.15, 0.2) is 0 Å². The van der Waals surface area contributed by atoms with Gasteiger partial charge in [-0.15, -0.1) is 0 Å². The van der Waals surface area contributed by atoms with Gasteiger partial charge in [-0.2, -0.15) is 0 Å². The second-order valence-electron chi connectivity index (χ2n) is 4.78. The van der Waals surface area contributed by atoms with E-state index in [1.54, 1.807) is 0 Å². The largest absolute Gasteiger partial charge is 0.393 e. The molecule has 0 amide bonds. The van der Waals surface area contributed by atoms with E-state index in [0.29, 0.717) is 12.0 Å². The molecule has 2 aliphatic heterocycles. The minimum atomic E-state index is -0.0545. The van der Waals surface area contributed by atoms with Gasteiger partial charge in [0, 0.05) is 11.6 Å². The van der Waals surface area contributed by atoms with Crippen LogP contribution >= 0.6 is 0 Å². The molecule has 0 saturated carbocycles. The Morgan fingerprint density at radius 3 is 2.92 bits per heavy atom. The third-order valence-electron chi connectivity index (χ3n) is 3.69. The predicted octanol–water partition coefficient (Wildman–Crippen LogP) is 1.29. The Labute approximate surface area is 74.4 Å². The third kappa shape index (κ3) is 1.17. The van der Waals surface area contributed by atoms with E-state index < -0.39 is 0 Å². The molecule has 2 heterocycles. The minimum absolute atomic E-state index is 0.0545. The monoisotopic (exact) mass is 169 g/mol. The van der Waals surface area contributed by atoms with Gasteiger partial charge < -0.3 is 10.4 Å². The number of piperidine rings is 1. The lowest BCUT2D eigenvalue weighted by Crippen LogP contribution is -2.54. The van der Waals surface area contributed by atoms with Gasteiger partial charge in [0.25, 0.3) is 0 Å². The van der Waals surface area contributed by atoms with Crippen LogP contribution in [-0.2, 0) is 0 Å². The maximum atomic E-state index is 9.66. The summed E-state index contributed by atoms with van der Waals surface area (Å²) in [4.78, 5) is 0. The zero-order valence-corrected chi connectivity index (χ0v) is 8.01. The zero-order chi connectivity index (χ0) is 8.77. The molecule has 0 radical (unpaired) electrons. The molecule has 0 aromatic carbocycles. The SMILES string of the molecule is CC(C)C12CCC(CC(O)C1)N2. The summed E-state index contributed by atoms with van der Waals surface area (Å²) in [6.45, 7) is 4.51. The Morgan fingerprint density at radius 1 is 1.50 bits per heavy atom. The first-order valence-electron chi connectivity index (χ1n) is 5.08. The highest BCUT2D eigenvalue weighted by atomic mass is 16.3. The molecule has 2 fully saturated rings. The number of rotatable bonds is 1. The molecule has 12 heavy (non-hydrogen) atoms.